The van der Waals surface area contributed by atoms with E-state index in [9.17, 15) is 0 Å². The summed E-state index contributed by atoms with van der Waals surface area (Å²) in [6.45, 7) is 5.59. The Hall–Kier alpha value is -0.790. The molecule has 3 fully saturated rings. The Morgan fingerprint density at radius 2 is 2.12 bits per heavy atom. The highest BCUT2D eigenvalue weighted by Gasteiger charge is 2.49. The van der Waals surface area contributed by atoms with Gasteiger partial charge in [-0.2, -0.15) is 0 Å². The smallest absolute Gasteiger partial charge is 0.193 e. The monoisotopic (exact) mass is 457 g/mol. The van der Waals surface area contributed by atoms with Crippen LogP contribution >= 0.6 is 24.0 Å². The van der Waals surface area contributed by atoms with E-state index >= 15 is 0 Å². The number of aliphatic imine (C=N–C) groups is 1. The Kier molecular flexibility index (Phi) is 5.96. The van der Waals surface area contributed by atoms with Gasteiger partial charge in [0.1, 0.15) is 0 Å². The molecule has 25 heavy (non-hydrogen) atoms. The van der Waals surface area contributed by atoms with Crippen molar-refractivity contribution >= 4 is 29.9 Å². The number of nitrogens with one attached hydrogen (secondary N) is 1. The maximum atomic E-state index is 4.60. The molecular formula is C19H32IN5. The lowest BCUT2D eigenvalue weighted by Gasteiger charge is -2.44. The van der Waals surface area contributed by atoms with Gasteiger partial charge in [-0.25, -0.2) is 4.98 Å². The number of guanidine groups is 1. The van der Waals surface area contributed by atoms with Gasteiger partial charge in [0.2, 0.25) is 0 Å². The first kappa shape index (κ1) is 19.0. The van der Waals surface area contributed by atoms with Gasteiger partial charge >= 0.3 is 0 Å². The fourth-order valence-electron chi connectivity index (χ4n) is 4.74. The molecule has 1 N–H and O–H groups in total. The fraction of sp³-hybridized carbons (Fsp3) is 0.789. The Morgan fingerprint density at radius 1 is 1.32 bits per heavy atom. The molecule has 1 aliphatic heterocycles. The first-order valence-corrected chi connectivity index (χ1v) is 9.65. The molecule has 1 aromatic rings. The van der Waals surface area contributed by atoms with E-state index in [0.29, 0.717) is 17.4 Å². The van der Waals surface area contributed by atoms with E-state index in [1.54, 1.807) is 0 Å². The third-order valence-electron chi connectivity index (χ3n) is 6.73. The Labute approximate surface area is 168 Å². The van der Waals surface area contributed by atoms with E-state index < -0.39 is 0 Å². The Morgan fingerprint density at radius 3 is 2.68 bits per heavy atom. The van der Waals surface area contributed by atoms with Crippen LogP contribution in [-0.4, -0.2) is 47.1 Å². The molecule has 5 nitrogen and oxygen atoms in total. The van der Waals surface area contributed by atoms with Gasteiger partial charge in [-0.05, 0) is 49.4 Å². The number of rotatable bonds is 4. The predicted molar refractivity (Wildman–Crippen MR) is 112 cm³/mol. The normalized spacial score (nSPS) is 28.9. The fourth-order valence-corrected chi connectivity index (χ4v) is 4.74. The van der Waals surface area contributed by atoms with Crippen molar-refractivity contribution in [3.8, 4) is 0 Å². The topological polar surface area (TPSA) is 45.5 Å². The van der Waals surface area contributed by atoms with Crippen molar-refractivity contribution in [2.45, 2.75) is 51.5 Å². The van der Waals surface area contributed by atoms with Crippen LogP contribution in [0.3, 0.4) is 0 Å². The highest BCUT2D eigenvalue weighted by Crippen LogP contribution is 2.56. The largest absolute Gasteiger partial charge is 0.356 e. The van der Waals surface area contributed by atoms with Crippen LogP contribution in [0.25, 0.3) is 0 Å². The van der Waals surface area contributed by atoms with Crippen LogP contribution in [0.1, 0.15) is 51.5 Å². The number of likely N-dealkylation sites (tertiary alicyclic amines) is 1. The van der Waals surface area contributed by atoms with Crippen LogP contribution in [0.15, 0.2) is 23.7 Å². The zero-order valence-electron chi connectivity index (χ0n) is 15.5. The van der Waals surface area contributed by atoms with Gasteiger partial charge in [0, 0.05) is 39.1 Å². The van der Waals surface area contributed by atoms with Crippen LogP contribution in [0, 0.1) is 17.3 Å². The van der Waals surface area contributed by atoms with Crippen LogP contribution in [-0.2, 0) is 0 Å². The second-order valence-corrected chi connectivity index (χ2v) is 8.18. The molecule has 6 heteroatoms. The summed E-state index contributed by atoms with van der Waals surface area (Å²) in [5.41, 5.74) is 0.586. The molecule has 0 radical (unpaired) electrons. The molecule has 1 aromatic heterocycles. The minimum atomic E-state index is 0. The zero-order valence-corrected chi connectivity index (χ0v) is 17.9. The minimum Gasteiger partial charge on any atom is -0.356 e. The Bertz CT molecular complexity index is 577. The van der Waals surface area contributed by atoms with Crippen molar-refractivity contribution in [3.05, 3.63) is 18.7 Å². The van der Waals surface area contributed by atoms with Gasteiger partial charge in [0.25, 0.3) is 0 Å². The predicted octanol–water partition coefficient (Wildman–Crippen LogP) is 3.54. The lowest BCUT2D eigenvalue weighted by Crippen LogP contribution is -2.52. The van der Waals surface area contributed by atoms with Gasteiger partial charge in [0.05, 0.1) is 12.4 Å². The van der Waals surface area contributed by atoms with Crippen molar-refractivity contribution in [3.63, 3.8) is 0 Å². The third kappa shape index (κ3) is 3.83. The van der Waals surface area contributed by atoms with E-state index in [-0.39, 0.29) is 24.0 Å². The molecule has 0 bridgehead atoms. The zero-order chi connectivity index (χ0) is 16.6. The van der Waals surface area contributed by atoms with E-state index in [1.807, 2.05) is 19.6 Å². The molecule has 4 rings (SSSR count). The van der Waals surface area contributed by atoms with Gasteiger partial charge in [-0.3, -0.25) is 4.99 Å². The van der Waals surface area contributed by atoms with E-state index in [2.05, 4.69) is 37.9 Å². The SMILES string of the molecule is CN=C(NCC1(C2CC2)CCC1)N1CCC(C)C(n2ccnc2)C1.I. The molecule has 2 atom stereocenters. The minimum absolute atomic E-state index is 0. The lowest BCUT2D eigenvalue weighted by atomic mass is 9.65. The molecule has 2 saturated carbocycles. The number of hydrogen-bond donors (Lipinski definition) is 1. The number of aromatic nitrogens is 2. The molecule has 140 valence electrons. The van der Waals surface area contributed by atoms with Gasteiger partial charge < -0.3 is 14.8 Å². The second-order valence-electron chi connectivity index (χ2n) is 8.18. The summed E-state index contributed by atoms with van der Waals surface area (Å²) >= 11 is 0. The lowest BCUT2D eigenvalue weighted by molar-refractivity contribution is 0.103. The maximum Gasteiger partial charge on any atom is 0.193 e. The number of hydrogen-bond acceptors (Lipinski definition) is 2. The molecule has 0 spiro atoms. The van der Waals surface area contributed by atoms with Gasteiger partial charge in [-0.15, -0.1) is 24.0 Å². The molecule has 3 aliphatic rings. The summed E-state index contributed by atoms with van der Waals surface area (Å²) in [6, 6.07) is 0.487. The number of halogens is 1. The molecule has 0 amide bonds. The highest BCUT2D eigenvalue weighted by molar-refractivity contribution is 14.0. The molecular weight excluding hydrogens is 425 g/mol. The molecule has 1 saturated heterocycles. The van der Waals surface area contributed by atoms with Crippen LogP contribution in [0.2, 0.25) is 0 Å². The first-order chi connectivity index (χ1) is 11.7. The van der Waals surface area contributed by atoms with Gasteiger partial charge in [-0.1, -0.05) is 13.3 Å². The van der Waals surface area contributed by atoms with Crippen molar-refractivity contribution in [1.29, 1.82) is 0 Å². The average molecular weight is 457 g/mol. The number of nitrogens with zero attached hydrogens (tertiary/aromatic N) is 4. The maximum absolute atomic E-state index is 4.60. The summed E-state index contributed by atoms with van der Waals surface area (Å²) < 4.78 is 2.27. The summed E-state index contributed by atoms with van der Waals surface area (Å²) in [4.78, 5) is 11.3. The quantitative estimate of drug-likeness (QED) is 0.428. The number of imidazole rings is 1. The summed E-state index contributed by atoms with van der Waals surface area (Å²) in [6.07, 6.45) is 14.3. The summed E-state index contributed by atoms with van der Waals surface area (Å²) in [5, 5.41) is 3.73. The van der Waals surface area contributed by atoms with E-state index in [0.717, 1.165) is 31.5 Å². The first-order valence-electron chi connectivity index (χ1n) is 9.65. The van der Waals surface area contributed by atoms with E-state index in [4.69, 9.17) is 0 Å². The van der Waals surface area contributed by atoms with E-state index in [1.165, 1.54) is 38.5 Å². The number of piperidine rings is 1. The summed E-state index contributed by atoms with van der Waals surface area (Å²) in [5.74, 6) is 2.76. The van der Waals surface area contributed by atoms with Crippen molar-refractivity contribution < 1.29 is 0 Å². The second kappa shape index (κ2) is 7.84. The summed E-state index contributed by atoms with van der Waals surface area (Å²) in [7, 11) is 1.93. The standard InChI is InChI=1S/C19H31N5.HI/c1-15-6-10-23(12-17(15)24-11-9-21-14-24)18(20-2)22-13-19(7-3-8-19)16-4-5-16;/h9,11,14-17H,3-8,10,12-13H2,1-2H3,(H,20,22);1H. The van der Waals surface area contributed by atoms with Crippen LogP contribution in [0.4, 0.5) is 0 Å². The third-order valence-corrected chi connectivity index (χ3v) is 6.73. The van der Waals surface area contributed by atoms with Gasteiger partial charge in [0.15, 0.2) is 5.96 Å². The van der Waals surface area contributed by atoms with Crippen molar-refractivity contribution in [2.24, 2.45) is 22.2 Å². The average Bonchev–Trinajstić information content (AvgIpc) is 3.25. The van der Waals surface area contributed by atoms with Crippen molar-refractivity contribution in [2.75, 3.05) is 26.7 Å². The van der Waals surface area contributed by atoms with Crippen LogP contribution < -0.4 is 5.32 Å². The molecule has 2 heterocycles. The van der Waals surface area contributed by atoms with Crippen molar-refractivity contribution in [1.82, 2.24) is 19.8 Å². The highest BCUT2D eigenvalue weighted by atomic mass is 127. The molecule has 2 aliphatic carbocycles. The Balaban J connectivity index is 0.00000182. The molecule has 2 unspecified atom stereocenters. The van der Waals surface area contributed by atoms with Crippen LogP contribution in [0.5, 0.6) is 0 Å². The molecule has 0 aromatic carbocycles.